The summed E-state index contributed by atoms with van der Waals surface area (Å²) in [4.78, 5) is 19.8. The van der Waals surface area contributed by atoms with Gasteiger partial charge in [-0.05, 0) is 26.8 Å². The predicted molar refractivity (Wildman–Crippen MR) is 63.6 cm³/mol. The molecule has 6 nitrogen and oxygen atoms in total. The van der Waals surface area contributed by atoms with Crippen LogP contribution in [0.3, 0.4) is 0 Å². The minimum atomic E-state index is -0.549. The standard InChI is InChI=1S/C11H14N4O2/c1-11(2,3)17-10(16)15-5-4-7-8(12)13-6-14-9(7)15/h4-6H,1-3H3,(H2,12,13,14). The lowest BCUT2D eigenvalue weighted by Gasteiger charge is -2.19. The molecule has 17 heavy (non-hydrogen) atoms. The van der Waals surface area contributed by atoms with Gasteiger partial charge < -0.3 is 10.5 Å². The van der Waals surface area contributed by atoms with Crippen molar-refractivity contribution in [3.63, 3.8) is 0 Å². The van der Waals surface area contributed by atoms with Gasteiger partial charge in [0.25, 0.3) is 0 Å². The second kappa shape index (κ2) is 3.73. The van der Waals surface area contributed by atoms with Gasteiger partial charge in [0, 0.05) is 6.20 Å². The topological polar surface area (TPSA) is 83.0 Å². The summed E-state index contributed by atoms with van der Waals surface area (Å²) in [5.41, 5.74) is 5.58. The second-order valence-corrected chi connectivity index (χ2v) is 4.66. The first-order chi connectivity index (χ1) is 7.88. The maximum Gasteiger partial charge on any atom is 0.420 e. The molecule has 0 aliphatic rings. The van der Waals surface area contributed by atoms with E-state index >= 15 is 0 Å². The summed E-state index contributed by atoms with van der Waals surface area (Å²) in [5, 5.41) is 0.637. The zero-order valence-corrected chi connectivity index (χ0v) is 9.97. The van der Waals surface area contributed by atoms with Crippen LogP contribution in [0.1, 0.15) is 20.8 Å². The van der Waals surface area contributed by atoms with Crippen LogP contribution in [-0.4, -0.2) is 26.2 Å². The minimum absolute atomic E-state index is 0.345. The van der Waals surface area contributed by atoms with E-state index in [2.05, 4.69) is 9.97 Å². The molecule has 0 fully saturated rings. The average Bonchev–Trinajstić information content (AvgIpc) is 2.60. The molecule has 90 valence electrons. The van der Waals surface area contributed by atoms with Crippen molar-refractivity contribution in [3.8, 4) is 0 Å². The number of hydrogen-bond donors (Lipinski definition) is 1. The van der Waals surface area contributed by atoms with E-state index in [-0.39, 0.29) is 0 Å². The van der Waals surface area contributed by atoms with Gasteiger partial charge in [0.05, 0.1) is 5.39 Å². The van der Waals surface area contributed by atoms with E-state index in [1.807, 2.05) is 0 Å². The Kier molecular flexibility index (Phi) is 2.49. The molecule has 2 rings (SSSR count). The molecule has 0 aromatic carbocycles. The van der Waals surface area contributed by atoms with Gasteiger partial charge in [-0.1, -0.05) is 0 Å². The molecule has 0 saturated carbocycles. The summed E-state index contributed by atoms with van der Waals surface area (Å²) in [6.07, 6.45) is 2.41. The zero-order valence-electron chi connectivity index (χ0n) is 9.97. The quantitative estimate of drug-likeness (QED) is 0.751. The van der Waals surface area contributed by atoms with Crippen LogP contribution in [0.4, 0.5) is 10.6 Å². The highest BCUT2D eigenvalue weighted by Gasteiger charge is 2.19. The van der Waals surface area contributed by atoms with Gasteiger partial charge in [-0.2, -0.15) is 0 Å². The molecule has 0 radical (unpaired) electrons. The van der Waals surface area contributed by atoms with Crippen molar-refractivity contribution in [2.45, 2.75) is 26.4 Å². The Morgan fingerprint density at radius 1 is 1.41 bits per heavy atom. The number of hydrogen-bond acceptors (Lipinski definition) is 5. The highest BCUT2D eigenvalue weighted by atomic mass is 16.6. The molecule has 0 bridgehead atoms. The molecule has 0 unspecified atom stereocenters. The summed E-state index contributed by atoms with van der Waals surface area (Å²) in [6, 6.07) is 1.69. The number of carbonyl (C=O) groups is 1. The number of nitrogens with two attached hydrogens (primary N) is 1. The average molecular weight is 234 g/mol. The summed E-state index contributed by atoms with van der Waals surface area (Å²) in [6.45, 7) is 5.42. The summed E-state index contributed by atoms with van der Waals surface area (Å²) in [5.74, 6) is 0.345. The van der Waals surface area contributed by atoms with Crippen LogP contribution in [0.2, 0.25) is 0 Å². The van der Waals surface area contributed by atoms with E-state index < -0.39 is 11.7 Å². The lowest BCUT2D eigenvalue weighted by atomic mass is 10.2. The fourth-order valence-corrected chi connectivity index (χ4v) is 1.43. The number of rotatable bonds is 0. The van der Waals surface area contributed by atoms with Gasteiger partial charge in [-0.3, -0.25) is 0 Å². The first-order valence-electron chi connectivity index (χ1n) is 5.19. The van der Waals surface area contributed by atoms with E-state index in [4.69, 9.17) is 10.5 Å². The summed E-state index contributed by atoms with van der Waals surface area (Å²) >= 11 is 0. The number of ether oxygens (including phenoxy) is 1. The Hall–Kier alpha value is -2.11. The smallest absolute Gasteiger partial charge is 0.420 e. The molecule has 2 heterocycles. The minimum Gasteiger partial charge on any atom is -0.443 e. The third-order valence-electron chi connectivity index (χ3n) is 2.10. The number of carbonyl (C=O) groups excluding carboxylic acids is 1. The van der Waals surface area contributed by atoms with Crippen LogP contribution in [0.25, 0.3) is 11.0 Å². The van der Waals surface area contributed by atoms with Crippen molar-refractivity contribution >= 4 is 22.9 Å². The molecule has 0 aliphatic heterocycles. The zero-order chi connectivity index (χ0) is 12.6. The normalized spacial score (nSPS) is 11.7. The number of nitrogens with zero attached hydrogens (tertiary/aromatic N) is 3. The SMILES string of the molecule is CC(C)(C)OC(=O)n1ccc2c(N)ncnc21. The van der Waals surface area contributed by atoms with Crippen LogP contribution in [-0.2, 0) is 4.74 Å². The number of nitrogen functional groups attached to an aromatic ring is 1. The summed E-state index contributed by atoms with van der Waals surface area (Å²) < 4.78 is 6.57. The van der Waals surface area contributed by atoms with Gasteiger partial charge in [-0.15, -0.1) is 0 Å². The second-order valence-electron chi connectivity index (χ2n) is 4.66. The summed E-state index contributed by atoms with van der Waals surface area (Å²) in [7, 11) is 0. The Bertz CT molecular complexity index is 568. The molecule has 0 aliphatic carbocycles. The number of aromatic nitrogens is 3. The lowest BCUT2D eigenvalue weighted by molar-refractivity contribution is 0.0543. The maximum atomic E-state index is 11.9. The molecule has 2 N–H and O–H groups in total. The van der Waals surface area contributed by atoms with Crippen LogP contribution in [0.5, 0.6) is 0 Å². The Balaban J connectivity index is 2.43. The van der Waals surface area contributed by atoms with Crippen molar-refractivity contribution in [3.05, 3.63) is 18.6 Å². The van der Waals surface area contributed by atoms with Crippen LogP contribution < -0.4 is 5.73 Å². The Morgan fingerprint density at radius 2 is 2.12 bits per heavy atom. The molecule has 0 amide bonds. The molecule has 6 heteroatoms. The first kappa shape index (κ1) is 11.4. The fourth-order valence-electron chi connectivity index (χ4n) is 1.43. The number of fused-ring (bicyclic) bond motifs is 1. The van der Waals surface area contributed by atoms with Gasteiger partial charge in [0.2, 0.25) is 0 Å². The van der Waals surface area contributed by atoms with E-state index in [0.29, 0.717) is 16.9 Å². The van der Waals surface area contributed by atoms with Crippen molar-refractivity contribution in [1.29, 1.82) is 0 Å². The molecule has 0 atom stereocenters. The largest absolute Gasteiger partial charge is 0.443 e. The molecule has 2 aromatic heterocycles. The monoisotopic (exact) mass is 234 g/mol. The highest BCUT2D eigenvalue weighted by molar-refractivity contribution is 5.92. The third kappa shape index (κ3) is 2.20. The number of anilines is 1. The molecule has 0 saturated heterocycles. The van der Waals surface area contributed by atoms with E-state index in [1.165, 1.54) is 10.9 Å². The van der Waals surface area contributed by atoms with Crippen molar-refractivity contribution in [1.82, 2.24) is 14.5 Å². The maximum absolute atomic E-state index is 11.9. The van der Waals surface area contributed by atoms with Crippen molar-refractivity contribution in [2.24, 2.45) is 0 Å². The molecular weight excluding hydrogens is 220 g/mol. The molecule has 2 aromatic rings. The Morgan fingerprint density at radius 3 is 2.76 bits per heavy atom. The van der Waals surface area contributed by atoms with E-state index in [1.54, 1.807) is 33.0 Å². The van der Waals surface area contributed by atoms with Crippen LogP contribution >= 0.6 is 0 Å². The third-order valence-corrected chi connectivity index (χ3v) is 2.10. The van der Waals surface area contributed by atoms with Crippen molar-refractivity contribution < 1.29 is 9.53 Å². The lowest BCUT2D eigenvalue weighted by Crippen LogP contribution is -2.26. The van der Waals surface area contributed by atoms with Gasteiger partial charge in [-0.25, -0.2) is 19.3 Å². The van der Waals surface area contributed by atoms with Crippen molar-refractivity contribution in [2.75, 3.05) is 5.73 Å². The van der Waals surface area contributed by atoms with E-state index in [0.717, 1.165) is 0 Å². The first-order valence-corrected chi connectivity index (χ1v) is 5.19. The van der Waals surface area contributed by atoms with Crippen LogP contribution in [0.15, 0.2) is 18.6 Å². The van der Waals surface area contributed by atoms with Gasteiger partial charge >= 0.3 is 6.09 Å². The predicted octanol–water partition coefficient (Wildman–Crippen LogP) is 1.80. The highest BCUT2D eigenvalue weighted by Crippen LogP contribution is 2.19. The van der Waals surface area contributed by atoms with Gasteiger partial charge in [0.15, 0.2) is 5.65 Å². The van der Waals surface area contributed by atoms with Crippen LogP contribution in [0, 0.1) is 0 Å². The Labute approximate surface area is 98.4 Å². The fraction of sp³-hybridized carbons (Fsp3) is 0.364. The van der Waals surface area contributed by atoms with E-state index in [9.17, 15) is 4.79 Å². The molecule has 0 spiro atoms. The molecular formula is C11H14N4O2. The van der Waals surface area contributed by atoms with Gasteiger partial charge in [0.1, 0.15) is 17.7 Å².